The second-order valence-electron chi connectivity index (χ2n) is 6.50. The van der Waals surface area contributed by atoms with Gasteiger partial charge >= 0.3 is 0 Å². The van der Waals surface area contributed by atoms with Gasteiger partial charge in [-0.1, -0.05) is 6.92 Å². The normalized spacial score (nSPS) is 25.5. The summed E-state index contributed by atoms with van der Waals surface area (Å²) < 4.78 is 31.7. The van der Waals surface area contributed by atoms with E-state index in [4.69, 9.17) is 4.42 Å². The van der Waals surface area contributed by atoms with Gasteiger partial charge in [0.25, 0.3) is 0 Å². The molecule has 2 aliphatic rings. The monoisotopic (exact) mass is 340 g/mol. The van der Waals surface area contributed by atoms with E-state index in [9.17, 15) is 13.2 Å². The Balaban J connectivity index is 1.47. The molecule has 7 heteroatoms. The number of furan rings is 1. The topological polar surface area (TPSA) is 79.6 Å². The van der Waals surface area contributed by atoms with Crippen LogP contribution in [0.3, 0.4) is 0 Å². The Morgan fingerprint density at radius 1 is 1.39 bits per heavy atom. The fourth-order valence-corrected chi connectivity index (χ4v) is 4.72. The van der Waals surface area contributed by atoms with E-state index in [1.54, 1.807) is 6.26 Å². The molecule has 23 heavy (non-hydrogen) atoms. The van der Waals surface area contributed by atoms with E-state index in [1.807, 2.05) is 24.0 Å². The molecule has 1 aliphatic heterocycles. The molecule has 0 spiro atoms. The van der Waals surface area contributed by atoms with Crippen molar-refractivity contribution in [3.05, 3.63) is 24.2 Å². The highest BCUT2D eigenvalue weighted by Gasteiger charge is 2.47. The SMILES string of the molecule is CCCS(=O)(=O)NC1CCN(C(=O)C2CC2c2ccco2)CC1. The van der Waals surface area contributed by atoms with Gasteiger partial charge in [0.2, 0.25) is 15.9 Å². The van der Waals surface area contributed by atoms with Gasteiger partial charge in [-0.3, -0.25) is 4.79 Å². The Kier molecular flexibility index (Phi) is 4.77. The van der Waals surface area contributed by atoms with Gasteiger partial charge in [-0.15, -0.1) is 0 Å². The van der Waals surface area contributed by atoms with Crippen LogP contribution in [-0.4, -0.2) is 44.1 Å². The summed E-state index contributed by atoms with van der Waals surface area (Å²) in [6.45, 7) is 3.10. The van der Waals surface area contributed by atoms with Gasteiger partial charge in [-0.2, -0.15) is 0 Å². The first-order chi connectivity index (χ1) is 11.0. The Morgan fingerprint density at radius 3 is 2.74 bits per heavy atom. The minimum Gasteiger partial charge on any atom is -0.469 e. The van der Waals surface area contributed by atoms with Crippen LogP contribution in [0.2, 0.25) is 0 Å². The van der Waals surface area contributed by atoms with E-state index < -0.39 is 10.0 Å². The maximum absolute atomic E-state index is 12.5. The van der Waals surface area contributed by atoms with E-state index in [-0.39, 0.29) is 29.5 Å². The van der Waals surface area contributed by atoms with Crippen molar-refractivity contribution in [3.63, 3.8) is 0 Å². The first-order valence-electron chi connectivity index (χ1n) is 8.32. The highest BCUT2D eigenvalue weighted by Crippen LogP contribution is 2.48. The van der Waals surface area contributed by atoms with Crippen LogP contribution in [0.25, 0.3) is 0 Å². The fraction of sp³-hybridized carbons (Fsp3) is 0.688. The molecule has 2 unspecified atom stereocenters. The molecule has 2 fully saturated rings. The molecule has 128 valence electrons. The molecule has 1 amide bonds. The molecule has 1 N–H and O–H groups in total. The largest absolute Gasteiger partial charge is 0.469 e. The molecule has 0 aromatic carbocycles. The third kappa shape index (κ3) is 3.95. The zero-order valence-electron chi connectivity index (χ0n) is 13.4. The maximum atomic E-state index is 12.5. The van der Waals surface area contributed by atoms with Gasteiger partial charge in [0.1, 0.15) is 5.76 Å². The van der Waals surface area contributed by atoms with Crippen LogP contribution in [0.4, 0.5) is 0 Å². The van der Waals surface area contributed by atoms with Crippen molar-refractivity contribution < 1.29 is 17.6 Å². The van der Waals surface area contributed by atoms with Crippen molar-refractivity contribution in [2.45, 2.75) is 44.6 Å². The molecule has 1 saturated carbocycles. The Hall–Kier alpha value is -1.34. The fourth-order valence-electron chi connectivity index (χ4n) is 3.32. The van der Waals surface area contributed by atoms with Gasteiger partial charge in [0.15, 0.2) is 0 Å². The molecular weight excluding hydrogens is 316 g/mol. The number of hydrogen-bond acceptors (Lipinski definition) is 4. The Labute approximate surface area is 137 Å². The highest BCUT2D eigenvalue weighted by atomic mass is 32.2. The van der Waals surface area contributed by atoms with Gasteiger partial charge < -0.3 is 9.32 Å². The lowest BCUT2D eigenvalue weighted by Gasteiger charge is -2.32. The lowest BCUT2D eigenvalue weighted by molar-refractivity contribution is -0.133. The van der Waals surface area contributed by atoms with Gasteiger partial charge in [-0.25, -0.2) is 13.1 Å². The quantitative estimate of drug-likeness (QED) is 0.855. The van der Waals surface area contributed by atoms with E-state index in [1.165, 1.54) is 0 Å². The van der Waals surface area contributed by atoms with Crippen LogP contribution in [0, 0.1) is 5.92 Å². The van der Waals surface area contributed by atoms with Crippen LogP contribution in [0.1, 0.15) is 44.3 Å². The standard InChI is InChI=1S/C16H24N2O4S/c1-2-10-23(20,21)17-12-5-7-18(8-6-12)16(19)14-11-13(14)15-4-3-9-22-15/h3-4,9,12-14,17H,2,5-8,10-11H2,1H3. The van der Waals surface area contributed by atoms with Crippen LogP contribution in [0.15, 0.2) is 22.8 Å². The molecule has 1 aliphatic carbocycles. The number of likely N-dealkylation sites (tertiary alicyclic amines) is 1. The van der Waals surface area contributed by atoms with E-state index in [0.29, 0.717) is 32.4 Å². The van der Waals surface area contributed by atoms with Crippen LogP contribution < -0.4 is 4.72 Å². The number of nitrogens with one attached hydrogen (secondary N) is 1. The van der Waals surface area contributed by atoms with Crippen LogP contribution in [0.5, 0.6) is 0 Å². The molecule has 1 aromatic heterocycles. The number of amides is 1. The number of hydrogen-bond donors (Lipinski definition) is 1. The first kappa shape index (κ1) is 16.5. The van der Waals surface area contributed by atoms with Crippen molar-refractivity contribution in [1.29, 1.82) is 0 Å². The van der Waals surface area contributed by atoms with Crippen LogP contribution in [-0.2, 0) is 14.8 Å². The smallest absolute Gasteiger partial charge is 0.226 e. The molecule has 0 radical (unpaired) electrons. The van der Waals surface area contributed by atoms with Crippen molar-refractivity contribution >= 4 is 15.9 Å². The van der Waals surface area contributed by atoms with Gasteiger partial charge in [0, 0.05) is 31.0 Å². The minimum absolute atomic E-state index is 0.0366. The van der Waals surface area contributed by atoms with E-state index >= 15 is 0 Å². The van der Waals surface area contributed by atoms with Gasteiger partial charge in [0.05, 0.1) is 12.0 Å². The third-order valence-corrected chi connectivity index (χ3v) is 6.28. The maximum Gasteiger partial charge on any atom is 0.226 e. The summed E-state index contributed by atoms with van der Waals surface area (Å²) in [5, 5.41) is 0. The zero-order valence-corrected chi connectivity index (χ0v) is 14.2. The Morgan fingerprint density at radius 2 is 2.13 bits per heavy atom. The Bertz CT molecular complexity index is 633. The molecule has 0 bridgehead atoms. The van der Waals surface area contributed by atoms with E-state index in [0.717, 1.165) is 12.2 Å². The van der Waals surface area contributed by atoms with E-state index in [2.05, 4.69) is 4.72 Å². The second kappa shape index (κ2) is 6.65. The molecular formula is C16H24N2O4S. The number of sulfonamides is 1. The first-order valence-corrected chi connectivity index (χ1v) is 9.97. The second-order valence-corrected chi connectivity index (χ2v) is 8.37. The average Bonchev–Trinajstić information content (AvgIpc) is 3.12. The number of carbonyl (C=O) groups excluding carboxylic acids is 1. The number of carbonyl (C=O) groups is 1. The van der Waals surface area contributed by atoms with Crippen molar-refractivity contribution in [1.82, 2.24) is 9.62 Å². The lowest BCUT2D eigenvalue weighted by Crippen LogP contribution is -2.47. The zero-order chi connectivity index (χ0) is 16.4. The summed E-state index contributed by atoms with van der Waals surface area (Å²) in [6, 6.07) is 3.73. The lowest BCUT2D eigenvalue weighted by atomic mass is 10.1. The number of piperidine rings is 1. The summed E-state index contributed by atoms with van der Waals surface area (Å²) in [6.07, 6.45) is 4.49. The summed E-state index contributed by atoms with van der Waals surface area (Å²) in [7, 11) is -3.18. The molecule has 1 aromatic rings. The highest BCUT2D eigenvalue weighted by molar-refractivity contribution is 7.89. The molecule has 1 saturated heterocycles. The molecule has 2 heterocycles. The predicted octanol–water partition coefficient (Wildman–Crippen LogP) is 1.70. The molecule has 6 nitrogen and oxygen atoms in total. The van der Waals surface area contributed by atoms with Crippen LogP contribution >= 0.6 is 0 Å². The summed E-state index contributed by atoms with van der Waals surface area (Å²) >= 11 is 0. The number of rotatable bonds is 6. The minimum atomic E-state index is -3.18. The average molecular weight is 340 g/mol. The van der Waals surface area contributed by atoms with Crippen molar-refractivity contribution in [3.8, 4) is 0 Å². The van der Waals surface area contributed by atoms with Crippen molar-refractivity contribution in [2.24, 2.45) is 5.92 Å². The summed E-state index contributed by atoms with van der Waals surface area (Å²) in [5.74, 6) is 1.50. The van der Waals surface area contributed by atoms with Gasteiger partial charge in [-0.05, 0) is 37.8 Å². The number of nitrogens with zero attached hydrogens (tertiary/aromatic N) is 1. The predicted molar refractivity (Wildman–Crippen MR) is 86.4 cm³/mol. The molecule has 2 atom stereocenters. The van der Waals surface area contributed by atoms with Crippen molar-refractivity contribution in [2.75, 3.05) is 18.8 Å². The third-order valence-electron chi connectivity index (χ3n) is 4.64. The summed E-state index contributed by atoms with van der Waals surface area (Å²) in [4.78, 5) is 14.4. The summed E-state index contributed by atoms with van der Waals surface area (Å²) in [5.41, 5.74) is 0. The molecule has 3 rings (SSSR count).